The Morgan fingerprint density at radius 2 is 1.46 bits per heavy atom. The van der Waals surface area contributed by atoms with Gasteiger partial charge < -0.3 is 18.3 Å². The third-order valence-corrected chi connectivity index (χ3v) is 28.5. The summed E-state index contributed by atoms with van der Waals surface area (Å²) < 4.78 is 56.7. The maximum Gasteiger partial charge on any atom is 0.192 e. The minimum Gasteiger partial charge on any atom is -0.414 e. The van der Waals surface area contributed by atoms with Crippen LogP contribution in [0.3, 0.4) is 0 Å². The Hall–Kier alpha value is -1.08. The summed E-state index contributed by atoms with van der Waals surface area (Å²) in [6, 6.07) is 9.18. The van der Waals surface area contributed by atoms with Crippen LogP contribution in [0.4, 0.5) is 0 Å². The van der Waals surface area contributed by atoms with E-state index in [1.54, 1.807) is 17.7 Å². The Morgan fingerprint density at radius 1 is 0.842 bits per heavy atom. The molecule has 57 heavy (non-hydrogen) atoms. The molecule has 322 valence electrons. The first-order valence-electron chi connectivity index (χ1n) is 22.4. The van der Waals surface area contributed by atoms with Crippen LogP contribution in [0.5, 0.6) is 0 Å². The lowest BCUT2D eigenvalue weighted by Crippen LogP contribution is -2.58. The average molecular weight is 841 g/mol. The van der Waals surface area contributed by atoms with Crippen LogP contribution < -0.4 is 0 Å². The van der Waals surface area contributed by atoms with Crippen molar-refractivity contribution in [3.8, 4) is 0 Å². The van der Waals surface area contributed by atoms with Crippen molar-refractivity contribution in [2.45, 2.75) is 204 Å². The molecular weight excluding hydrogens is 761 g/mol. The van der Waals surface area contributed by atoms with Crippen LogP contribution in [0, 0.1) is 34.5 Å². The lowest BCUT2D eigenvalue weighted by molar-refractivity contribution is -0.158. The standard InChI is InChI=1S/C48H80O6SSi2/c1-33(41(55(49,50)36-20-18-17-19-21-36)27-28-46(10)32-51-45(8,9)54-46)38-24-25-39-37-23-22-34-30-35(52-56(13,14)43(2,3)4)31-42(53-57(15,16)44(5,6)7)48(34,12)40(37)26-29-47(38,39)11/h17-23,33,35,38-42H,24-32H2,1-16H3/t33-,35+,38+,39-,40-,41?,42-,46?,47+,48-/m0/s1. The summed E-state index contributed by atoms with van der Waals surface area (Å²) in [6.07, 6.45) is 12.8. The Morgan fingerprint density at radius 3 is 2.04 bits per heavy atom. The molecule has 3 saturated carbocycles. The highest BCUT2D eigenvalue weighted by molar-refractivity contribution is 7.92. The van der Waals surface area contributed by atoms with Gasteiger partial charge in [-0.1, -0.05) is 104 Å². The number of hydrogen-bond donors (Lipinski definition) is 0. The summed E-state index contributed by atoms with van der Waals surface area (Å²) in [5.41, 5.74) is 2.53. The number of hydrogen-bond acceptors (Lipinski definition) is 6. The Balaban J connectivity index is 1.33. The van der Waals surface area contributed by atoms with Gasteiger partial charge in [0.1, 0.15) is 0 Å². The monoisotopic (exact) mass is 841 g/mol. The second kappa shape index (κ2) is 15.1. The van der Waals surface area contributed by atoms with Crippen molar-refractivity contribution < 1.29 is 26.7 Å². The smallest absolute Gasteiger partial charge is 0.192 e. The molecule has 10 atom stereocenters. The first kappa shape index (κ1) is 45.5. The lowest BCUT2D eigenvalue weighted by atomic mass is 9.49. The first-order chi connectivity index (χ1) is 26.0. The summed E-state index contributed by atoms with van der Waals surface area (Å²) >= 11 is 0. The summed E-state index contributed by atoms with van der Waals surface area (Å²) in [6.45, 7) is 37.5. The normalized spacial score (nSPS) is 35.8. The van der Waals surface area contributed by atoms with Crippen LogP contribution in [0.2, 0.25) is 36.3 Å². The molecule has 6 rings (SSSR count). The molecule has 0 bridgehead atoms. The topological polar surface area (TPSA) is 71.1 Å². The third-order valence-electron chi connectivity index (χ3n) is 17.0. The molecule has 1 heterocycles. The maximum absolute atomic E-state index is 14.7. The minimum atomic E-state index is -3.61. The molecule has 0 N–H and O–H groups in total. The van der Waals surface area contributed by atoms with Crippen molar-refractivity contribution in [2.24, 2.45) is 34.5 Å². The van der Waals surface area contributed by atoms with Gasteiger partial charge in [0.05, 0.1) is 34.6 Å². The third kappa shape index (κ3) is 8.33. The molecule has 1 aliphatic heterocycles. The van der Waals surface area contributed by atoms with Crippen LogP contribution in [0.25, 0.3) is 0 Å². The fraction of sp³-hybridized carbons (Fsp3) is 0.792. The predicted octanol–water partition coefficient (Wildman–Crippen LogP) is 12.7. The summed E-state index contributed by atoms with van der Waals surface area (Å²) in [4.78, 5) is 0.431. The van der Waals surface area contributed by atoms with Crippen molar-refractivity contribution >= 4 is 26.5 Å². The molecule has 0 radical (unpaired) electrons. The molecule has 0 aromatic heterocycles. The van der Waals surface area contributed by atoms with Gasteiger partial charge in [0.25, 0.3) is 0 Å². The van der Waals surface area contributed by atoms with E-state index in [1.165, 1.54) is 5.57 Å². The van der Waals surface area contributed by atoms with E-state index in [9.17, 15) is 8.42 Å². The van der Waals surface area contributed by atoms with Gasteiger partial charge in [0, 0.05) is 5.41 Å². The number of benzene rings is 1. The molecule has 0 amide bonds. The number of sulfone groups is 1. The van der Waals surface area contributed by atoms with Crippen LogP contribution in [0.1, 0.15) is 134 Å². The first-order valence-corrected chi connectivity index (χ1v) is 29.7. The predicted molar refractivity (Wildman–Crippen MR) is 240 cm³/mol. The Bertz CT molecular complexity index is 1800. The number of rotatable bonds is 11. The average Bonchev–Trinajstić information content (AvgIpc) is 3.58. The van der Waals surface area contributed by atoms with E-state index in [1.807, 2.05) is 32.0 Å². The molecule has 2 unspecified atom stereocenters. The maximum atomic E-state index is 14.7. The van der Waals surface area contributed by atoms with Gasteiger partial charge in [-0.3, -0.25) is 0 Å². The Kier molecular flexibility index (Phi) is 12.0. The highest BCUT2D eigenvalue weighted by Gasteiger charge is 2.61. The van der Waals surface area contributed by atoms with E-state index in [2.05, 4.69) is 108 Å². The van der Waals surface area contributed by atoms with Gasteiger partial charge in [-0.05, 0) is 150 Å². The summed E-state index contributed by atoms with van der Waals surface area (Å²) in [7, 11) is -7.71. The fourth-order valence-corrected chi connectivity index (χ4v) is 16.4. The highest BCUT2D eigenvalue weighted by Crippen LogP contribution is 2.67. The second-order valence-corrected chi connectivity index (χ2v) is 35.0. The number of ether oxygens (including phenoxy) is 2. The molecular formula is C48H80O6SSi2. The summed E-state index contributed by atoms with van der Waals surface area (Å²) in [5, 5.41) is -0.256. The quantitative estimate of drug-likeness (QED) is 0.207. The van der Waals surface area contributed by atoms with E-state index in [0.717, 1.165) is 38.5 Å². The molecule has 1 aromatic rings. The molecule has 4 aliphatic carbocycles. The molecule has 9 heteroatoms. The van der Waals surface area contributed by atoms with E-state index in [4.69, 9.17) is 18.3 Å². The van der Waals surface area contributed by atoms with Crippen LogP contribution in [0.15, 0.2) is 58.5 Å². The largest absolute Gasteiger partial charge is 0.414 e. The van der Waals surface area contributed by atoms with Crippen LogP contribution >= 0.6 is 0 Å². The van der Waals surface area contributed by atoms with Crippen molar-refractivity contribution in [3.63, 3.8) is 0 Å². The van der Waals surface area contributed by atoms with Crippen molar-refractivity contribution in [2.75, 3.05) is 6.61 Å². The number of fused-ring (bicyclic) bond motifs is 5. The van der Waals surface area contributed by atoms with Crippen molar-refractivity contribution in [3.05, 3.63) is 53.6 Å². The minimum absolute atomic E-state index is 0.0100. The zero-order valence-electron chi connectivity index (χ0n) is 38.8. The van der Waals surface area contributed by atoms with Gasteiger partial charge >= 0.3 is 0 Å². The second-order valence-electron chi connectivity index (χ2n) is 23.3. The molecule has 1 aromatic carbocycles. The Labute approximate surface area is 350 Å². The zero-order chi connectivity index (χ0) is 42.4. The lowest BCUT2D eigenvalue weighted by Gasteiger charge is -2.59. The van der Waals surface area contributed by atoms with E-state index in [-0.39, 0.29) is 39.0 Å². The van der Waals surface area contributed by atoms with Crippen LogP contribution in [-0.2, 0) is 28.2 Å². The zero-order valence-corrected chi connectivity index (χ0v) is 41.6. The van der Waals surface area contributed by atoms with E-state index >= 15 is 0 Å². The van der Waals surface area contributed by atoms with Gasteiger partial charge in [0.2, 0.25) is 0 Å². The van der Waals surface area contributed by atoms with Gasteiger partial charge in [-0.2, -0.15) is 0 Å². The molecule has 5 aliphatic rings. The van der Waals surface area contributed by atoms with Gasteiger partial charge in [0.15, 0.2) is 32.3 Å². The number of allylic oxidation sites excluding steroid dienone is 3. The van der Waals surface area contributed by atoms with Gasteiger partial charge in [-0.15, -0.1) is 0 Å². The molecule has 0 spiro atoms. The molecule has 1 saturated heterocycles. The van der Waals surface area contributed by atoms with E-state index < -0.39 is 43.1 Å². The fourth-order valence-electron chi connectivity index (χ4n) is 11.6. The molecule has 4 fully saturated rings. The van der Waals surface area contributed by atoms with Crippen LogP contribution in [-0.4, -0.2) is 60.5 Å². The highest BCUT2D eigenvalue weighted by atomic mass is 32.2. The van der Waals surface area contributed by atoms with Crippen molar-refractivity contribution in [1.29, 1.82) is 0 Å². The summed E-state index contributed by atoms with van der Waals surface area (Å²) in [5.74, 6) is 0.467. The van der Waals surface area contributed by atoms with Gasteiger partial charge in [-0.25, -0.2) is 8.42 Å². The molecule has 6 nitrogen and oxygen atoms in total. The SMILES string of the molecule is C[C@H](C(CCC1(C)COC(C)(C)O1)S(=O)(=O)c1ccccc1)[C@H]1CC[C@H]2C3=CC=C4C[C@@H](O[Si](C)(C)C(C)(C)C)C[C@H](O[Si](C)(C)C(C)(C)C)[C@]4(C)[C@H]3CC[C@]12C. The van der Waals surface area contributed by atoms with Crippen molar-refractivity contribution in [1.82, 2.24) is 0 Å². The van der Waals surface area contributed by atoms with E-state index in [0.29, 0.717) is 42.1 Å².